The standard InChI is InChI=1S/C17H15FN4O2/c1-12-3-2-9-19-16(12)20-17(23)15-8-10-22(21-15)11-24-14-6-4-13(18)5-7-14/h2-10H,11H2,1H3,(H,19,20,23). The van der Waals surface area contributed by atoms with Gasteiger partial charge >= 0.3 is 0 Å². The van der Waals surface area contributed by atoms with Crippen molar-refractivity contribution < 1.29 is 13.9 Å². The molecule has 0 aliphatic carbocycles. The van der Waals surface area contributed by atoms with Crippen molar-refractivity contribution in [1.29, 1.82) is 0 Å². The zero-order valence-electron chi connectivity index (χ0n) is 12.9. The van der Waals surface area contributed by atoms with Crippen LogP contribution >= 0.6 is 0 Å². The average molecular weight is 326 g/mol. The first-order valence-electron chi connectivity index (χ1n) is 7.26. The topological polar surface area (TPSA) is 69.0 Å². The van der Waals surface area contributed by atoms with Gasteiger partial charge < -0.3 is 10.1 Å². The third-order valence-corrected chi connectivity index (χ3v) is 3.29. The highest BCUT2D eigenvalue weighted by molar-refractivity contribution is 6.02. The van der Waals surface area contributed by atoms with E-state index in [1.54, 1.807) is 24.5 Å². The van der Waals surface area contributed by atoms with Gasteiger partial charge in [-0.15, -0.1) is 0 Å². The smallest absolute Gasteiger partial charge is 0.277 e. The van der Waals surface area contributed by atoms with E-state index >= 15 is 0 Å². The molecule has 122 valence electrons. The number of benzene rings is 1. The molecule has 0 aliphatic rings. The summed E-state index contributed by atoms with van der Waals surface area (Å²) in [5, 5.41) is 6.86. The molecular formula is C17H15FN4O2. The molecule has 0 bridgehead atoms. The number of rotatable bonds is 5. The second kappa shape index (κ2) is 6.91. The first kappa shape index (κ1) is 15.7. The van der Waals surface area contributed by atoms with Gasteiger partial charge in [-0.2, -0.15) is 5.10 Å². The number of aryl methyl sites for hydroxylation is 1. The third kappa shape index (κ3) is 3.75. The lowest BCUT2D eigenvalue weighted by molar-refractivity contribution is 0.101. The maximum absolute atomic E-state index is 12.8. The number of nitrogens with zero attached hydrogens (tertiary/aromatic N) is 3. The van der Waals surface area contributed by atoms with Gasteiger partial charge in [-0.1, -0.05) is 6.07 Å². The van der Waals surface area contributed by atoms with Crippen LogP contribution in [0.5, 0.6) is 5.75 Å². The Morgan fingerprint density at radius 3 is 2.79 bits per heavy atom. The van der Waals surface area contributed by atoms with Crippen molar-refractivity contribution >= 4 is 11.7 Å². The predicted molar refractivity (Wildman–Crippen MR) is 86.2 cm³/mol. The molecular weight excluding hydrogens is 311 g/mol. The van der Waals surface area contributed by atoms with Crippen molar-refractivity contribution in [2.24, 2.45) is 0 Å². The van der Waals surface area contributed by atoms with Crippen LogP contribution in [-0.4, -0.2) is 20.7 Å². The summed E-state index contributed by atoms with van der Waals surface area (Å²) in [6, 6.07) is 10.9. The lowest BCUT2D eigenvalue weighted by Gasteiger charge is -2.06. The molecule has 3 rings (SSSR count). The SMILES string of the molecule is Cc1cccnc1NC(=O)c1ccn(COc2ccc(F)cc2)n1. The number of anilines is 1. The van der Waals surface area contributed by atoms with Crippen LogP contribution in [-0.2, 0) is 6.73 Å². The van der Waals surface area contributed by atoms with Crippen LogP contribution in [0.1, 0.15) is 16.1 Å². The Morgan fingerprint density at radius 1 is 1.25 bits per heavy atom. The highest BCUT2D eigenvalue weighted by Gasteiger charge is 2.11. The lowest BCUT2D eigenvalue weighted by atomic mass is 10.3. The summed E-state index contributed by atoms with van der Waals surface area (Å²) < 4.78 is 19.8. The van der Waals surface area contributed by atoms with Crippen LogP contribution < -0.4 is 10.1 Å². The Labute approximate surface area is 137 Å². The van der Waals surface area contributed by atoms with Crippen LogP contribution in [0.2, 0.25) is 0 Å². The van der Waals surface area contributed by atoms with E-state index in [1.807, 2.05) is 13.0 Å². The number of hydrogen-bond acceptors (Lipinski definition) is 4. The molecule has 0 unspecified atom stereocenters. The van der Waals surface area contributed by atoms with Gasteiger partial charge in [-0.3, -0.25) is 4.79 Å². The molecule has 1 N–H and O–H groups in total. The number of carbonyl (C=O) groups excluding carboxylic acids is 1. The molecule has 0 atom stereocenters. The molecule has 0 fully saturated rings. The van der Waals surface area contributed by atoms with Crippen LogP contribution in [0.3, 0.4) is 0 Å². The fourth-order valence-electron chi connectivity index (χ4n) is 2.01. The number of nitrogens with one attached hydrogen (secondary N) is 1. The van der Waals surface area contributed by atoms with Crippen molar-refractivity contribution in [3.05, 3.63) is 71.9 Å². The summed E-state index contributed by atoms with van der Waals surface area (Å²) in [6.07, 6.45) is 3.24. The normalized spacial score (nSPS) is 10.4. The fraction of sp³-hybridized carbons (Fsp3) is 0.118. The second-order valence-electron chi connectivity index (χ2n) is 5.09. The quantitative estimate of drug-likeness (QED) is 0.782. The van der Waals surface area contributed by atoms with E-state index in [2.05, 4.69) is 15.4 Å². The van der Waals surface area contributed by atoms with Gasteiger partial charge in [0.15, 0.2) is 12.4 Å². The molecule has 7 heteroatoms. The molecule has 24 heavy (non-hydrogen) atoms. The van der Waals surface area contributed by atoms with E-state index in [1.165, 1.54) is 28.9 Å². The van der Waals surface area contributed by atoms with Crippen molar-refractivity contribution in [1.82, 2.24) is 14.8 Å². The molecule has 3 aromatic rings. The first-order chi connectivity index (χ1) is 11.6. The number of amides is 1. The highest BCUT2D eigenvalue weighted by atomic mass is 19.1. The number of aromatic nitrogens is 3. The Hall–Kier alpha value is -3.22. The number of ether oxygens (including phenoxy) is 1. The second-order valence-corrected chi connectivity index (χ2v) is 5.09. The van der Waals surface area contributed by atoms with Crippen molar-refractivity contribution in [2.75, 3.05) is 5.32 Å². The minimum atomic E-state index is -0.350. The Kier molecular flexibility index (Phi) is 4.51. The van der Waals surface area contributed by atoms with Crippen LogP contribution in [0.25, 0.3) is 0 Å². The Balaban J connectivity index is 1.61. The number of halogens is 1. The maximum atomic E-state index is 12.8. The van der Waals surface area contributed by atoms with Crippen LogP contribution in [0.4, 0.5) is 10.2 Å². The van der Waals surface area contributed by atoms with Crippen molar-refractivity contribution in [2.45, 2.75) is 13.7 Å². The predicted octanol–water partition coefficient (Wildman–Crippen LogP) is 3.01. The number of carbonyl (C=O) groups is 1. The third-order valence-electron chi connectivity index (χ3n) is 3.29. The molecule has 0 aliphatic heterocycles. The lowest BCUT2D eigenvalue weighted by Crippen LogP contribution is -2.15. The van der Waals surface area contributed by atoms with Crippen LogP contribution in [0, 0.1) is 12.7 Å². The van der Waals surface area contributed by atoms with Gasteiger partial charge in [0.2, 0.25) is 0 Å². The average Bonchev–Trinajstić information content (AvgIpc) is 3.06. The van der Waals surface area contributed by atoms with Gasteiger partial charge in [0.25, 0.3) is 5.91 Å². The van der Waals surface area contributed by atoms with Gasteiger partial charge in [0.1, 0.15) is 17.4 Å². The van der Waals surface area contributed by atoms with Crippen molar-refractivity contribution in [3.8, 4) is 5.75 Å². The monoisotopic (exact) mass is 326 g/mol. The summed E-state index contributed by atoms with van der Waals surface area (Å²) in [6.45, 7) is 1.97. The van der Waals surface area contributed by atoms with Crippen LogP contribution in [0.15, 0.2) is 54.9 Å². The van der Waals surface area contributed by atoms with Crippen molar-refractivity contribution in [3.63, 3.8) is 0 Å². The molecule has 2 aromatic heterocycles. The van der Waals surface area contributed by atoms with E-state index in [9.17, 15) is 9.18 Å². The zero-order valence-corrected chi connectivity index (χ0v) is 12.9. The van der Waals surface area contributed by atoms with E-state index in [0.29, 0.717) is 11.6 Å². The van der Waals surface area contributed by atoms with E-state index < -0.39 is 0 Å². The summed E-state index contributed by atoms with van der Waals surface area (Å²) in [4.78, 5) is 16.3. The zero-order chi connectivity index (χ0) is 16.9. The van der Waals surface area contributed by atoms with E-state index in [-0.39, 0.29) is 24.1 Å². The summed E-state index contributed by atoms with van der Waals surface area (Å²) in [5.74, 6) is 0.337. The molecule has 0 saturated carbocycles. The summed E-state index contributed by atoms with van der Waals surface area (Å²) >= 11 is 0. The number of hydrogen-bond donors (Lipinski definition) is 1. The molecule has 1 amide bonds. The maximum Gasteiger partial charge on any atom is 0.277 e. The fourth-order valence-corrected chi connectivity index (χ4v) is 2.01. The molecule has 0 spiro atoms. The Morgan fingerprint density at radius 2 is 2.04 bits per heavy atom. The number of pyridine rings is 1. The van der Waals surface area contributed by atoms with Gasteiger partial charge in [0, 0.05) is 12.4 Å². The Bertz CT molecular complexity index is 846. The minimum absolute atomic E-state index is 0.113. The van der Waals surface area contributed by atoms with Gasteiger partial charge in [0.05, 0.1) is 0 Å². The molecule has 6 nitrogen and oxygen atoms in total. The van der Waals surface area contributed by atoms with E-state index in [0.717, 1.165) is 5.56 Å². The molecule has 2 heterocycles. The first-order valence-corrected chi connectivity index (χ1v) is 7.26. The summed E-state index contributed by atoms with van der Waals surface area (Å²) in [5.41, 5.74) is 1.12. The minimum Gasteiger partial charge on any atom is -0.471 e. The summed E-state index contributed by atoms with van der Waals surface area (Å²) in [7, 11) is 0. The van der Waals surface area contributed by atoms with Gasteiger partial charge in [-0.05, 0) is 48.9 Å². The van der Waals surface area contributed by atoms with Gasteiger partial charge in [-0.25, -0.2) is 14.1 Å². The molecule has 0 radical (unpaired) electrons. The van der Waals surface area contributed by atoms with E-state index in [4.69, 9.17) is 4.74 Å². The highest BCUT2D eigenvalue weighted by Crippen LogP contribution is 2.13. The molecule has 1 aromatic carbocycles. The largest absolute Gasteiger partial charge is 0.471 e. The molecule has 0 saturated heterocycles.